The Morgan fingerprint density at radius 3 is 2.76 bits per heavy atom. The maximum absolute atomic E-state index is 13.0. The van der Waals surface area contributed by atoms with Gasteiger partial charge < -0.3 is 5.32 Å². The van der Waals surface area contributed by atoms with Gasteiger partial charge in [-0.25, -0.2) is 4.39 Å². The van der Waals surface area contributed by atoms with Gasteiger partial charge in [0.25, 0.3) is 0 Å². The Morgan fingerprint density at radius 2 is 2.10 bits per heavy atom. The van der Waals surface area contributed by atoms with Gasteiger partial charge in [-0.15, -0.1) is 11.3 Å². The van der Waals surface area contributed by atoms with Gasteiger partial charge in [0.15, 0.2) is 5.78 Å². The number of rotatable bonds is 6. The number of halogens is 1. The highest BCUT2D eigenvalue weighted by Gasteiger charge is 2.14. The van der Waals surface area contributed by atoms with Crippen molar-refractivity contribution in [2.45, 2.75) is 25.8 Å². The number of ketones is 1. The van der Waals surface area contributed by atoms with Crippen LogP contribution in [0.2, 0.25) is 0 Å². The molecule has 1 atom stereocenters. The van der Waals surface area contributed by atoms with Crippen molar-refractivity contribution in [1.29, 1.82) is 0 Å². The van der Waals surface area contributed by atoms with Crippen LogP contribution in [0.25, 0.3) is 0 Å². The third-order valence-corrected chi connectivity index (χ3v) is 3.86. The van der Waals surface area contributed by atoms with Crippen molar-refractivity contribution in [2.24, 2.45) is 0 Å². The van der Waals surface area contributed by atoms with Gasteiger partial charge in [-0.1, -0.05) is 18.2 Å². The lowest BCUT2D eigenvalue weighted by molar-refractivity contribution is -0.121. The molecule has 5 heteroatoms. The zero-order chi connectivity index (χ0) is 15.2. The van der Waals surface area contributed by atoms with Crippen molar-refractivity contribution in [3.63, 3.8) is 0 Å². The molecule has 21 heavy (non-hydrogen) atoms. The van der Waals surface area contributed by atoms with E-state index in [0.717, 1.165) is 0 Å². The number of nitrogens with one attached hydrogen (secondary N) is 1. The van der Waals surface area contributed by atoms with E-state index in [0.29, 0.717) is 10.4 Å². The average molecular weight is 305 g/mol. The molecular formula is C16H16FNO2S. The number of carbonyl (C=O) groups excluding carboxylic acids is 2. The van der Waals surface area contributed by atoms with E-state index < -0.39 is 0 Å². The molecule has 0 bridgehead atoms. The van der Waals surface area contributed by atoms with Crippen LogP contribution in [-0.2, 0) is 11.2 Å². The van der Waals surface area contributed by atoms with Crippen LogP contribution in [0.15, 0.2) is 41.8 Å². The van der Waals surface area contributed by atoms with Crippen LogP contribution in [0.3, 0.4) is 0 Å². The first-order valence-electron chi connectivity index (χ1n) is 6.65. The fraction of sp³-hybridized carbons (Fsp3) is 0.250. The van der Waals surface area contributed by atoms with Crippen molar-refractivity contribution in [3.05, 3.63) is 58.0 Å². The molecule has 0 fully saturated rings. The fourth-order valence-corrected chi connectivity index (χ4v) is 2.70. The lowest BCUT2D eigenvalue weighted by Crippen LogP contribution is -2.35. The standard InChI is InChI=1S/C16H16FNO2S/c1-11(8-14(19)15-6-3-7-21-15)18-16(20)10-12-4-2-5-13(17)9-12/h2-7,9,11H,8,10H2,1H3,(H,18,20)/t11-/m0/s1. The smallest absolute Gasteiger partial charge is 0.224 e. The molecule has 3 nitrogen and oxygen atoms in total. The van der Waals surface area contributed by atoms with Gasteiger partial charge >= 0.3 is 0 Å². The summed E-state index contributed by atoms with van der Waals surface area (Å²) in [7, 11) is 0. The molecular weight excluding hydrogens is 289 g/mol. The second-order valence-corrected chi connectivity index (χ2v) is 5.83. The maximum atomic E-state index is 13.0. The second-order valence-electron chi connectivity index (χ2n) is 4.88. The summed E-state index contributed by atoms with van der Waals surface area (Å²) in [6.07, 6.45) is 0.366. The molecule has 0 unspecified atom stereocenters. The minimum atomic E-state index is -0.360. The normalized spacial score (nSPS) is 11.9. The van der Waals surface area contributed by atoms with Gasteiger partial charge in [0.2, 0.25) is 5.91 Å². The summed E-state index contributed by atoms with van der Waals surface area (Å²) in [5.74, 6) is -0.558. The Labute approximate surface area is 126 Å². The zero-order valence-corrected chi connectivity index (χ0v) is 12.5. The van der Waals surface area contributed by atoms with Crippen LogP contribution >= 0.6 is 11.3 Å². The minimum absolute atomic E-state index is 0.0172. The summed E-state index contributed by atoms with van der Waals surface area (Å²) in [4.78, 5) is 24.5. The quantitative estimate of drug-likeness (QED) is 0.833. The van der Waals surface area contributed by atoms with Crippen molar-refractivity contribution in [2.75, 3.05) is 0 Å². The minimum Gasteiger partial charge on any atom is -0.353 e. The van der Waals surface area contributed by atoms with Crippen molar-refractivity contribution in [3.8, 4) is 0 Å². The van der Waals surface area contributed by atoms with E-state index in [-0.39, 0.29) is 36.4 Å². The van der Waals surface area contributed by atoms with Crippen molar-refractivity contribution >= 4 is 23.0 Å². The highest BCUT2D eigenvalue weighted by Crippen LogP contribution is 2.12. The van der Waals surface area contributed by atoms with E-state index >= 15 is 0 Å². The van der Waals surface area contributed by atoms with Gasteiger partial charge in [-0.3, -0.25) is 9.59 Å². The highest BCUT2D eigenvalue weighted by atomic mass is 32.1. The predicted octanol–water partition coefficient (Wildman–Crippen LogP) is 3.21. The lowest BCUT2D eigenvalue weighted by atomic mass is 10.1. The van der Waals surface area contributed by atoms with Gasteiger partial charge in [-0.05, 0) is 36.1 Å². The average Bonchev–Trinajstić information content (AvgIpc) is 2.91. The van der Waals surface area contributed by atoms with Gasteiger partial charge in [-0.2, -0.15) is 0 Å². The van der Waals surface area contributed by atoms with Crippen LogP contribution in [0, 0.1) is 5.82 Å². The molecule has 0 aliphatic heterocycles. The Morgan fingerprint density at radius 1 is 1.29 bits per heavy atom. The summed E-state index contributed by atoms with van der Waals surface area (Å²) in [6.45, 7) is 1.79. The number of Topliss-reactive ketones (excluding diaryl/α,β-unsaturated/α-hetero) is 1. The second kappa shape index (κ2) is 7.13. The van der Waals surface area contributed by atoms with Gasteiger partial charge in [0.1, 0.15) is 5.82 Å². The summed E-state index contributed by atoms with van der Waals surface area (Å²) in [5.41, 5.74) is 0.615. The van der Waals surface area contributed by atoms with E-state index in [2.05, 4.69) is 5.32 Å². The van der Waals surface area contributed by atoms with Crippen LogP contribution in [0.4, 0.5) is 4.39 Å². The fourth-order valence-electron chi connectivity index (χ4n) is 2.03. The van der Waals surface area contributed by atoms with Crippen molar-refractivity contribution < 1.29 is 14.0 Å². The Hall–Kier alpha value is -2.01. The number of benzene rings is 1. The zero-order valence-electron chi connectivity index (χ0n) is 11.6. The molecule has 0 saturated carbocycles. The van der Waals surface area contributed by atoms with Crippen LogP contribution < -0.4 is 5.32 Å². The molecule has 1 amide bonds. The van der Waals surface area contributed by atoms with Crippen LogP contribution in [0.1, 0.15) is 28.6 Å². The Bertz CT molecular complexity index is 625. The van der Waals surface area contributed by atoms with E-state index in [1.165, 1.54) is 23.5 Å². The third kappa shape index (κ3) is 4.79. The van der Waals surface area contributed by atoms with E-state index in [1.807, 2.05) is 11.4 Å². The molecule has 2 aromatic rings. The molecule has 1 aromatic heterocycles. The van der Waals surface area contributed by atoms with E-state index in [1.54, 1.807) is 25.1 Å². The molecule has 1 aromatic carbocycles. The number of carbonyl (C=O) groups is 2. The van der Waals surface area contributed by atoms with Crippen LogP contribution in [-0.4, -0.2) is 17.7 Å². The molecule has 0 radical (unpaired) electrons. The Kier molecular flexibility index (Phi) is 5.22. The van der Waals surface area contributed by atoms with E-state index in [4.69, 9.17) is 0 Å². The summed E-state index contributed by atoms with van der Waals surface area (Å²) in [5, 5.41) is 4.61. The SMILES string of the molecule is C[C@@H](CC(=O)c1cccs1)NC(=O)Cc1cccc(F)c1. The summed E-state index contributed by atoms with van der Waals surface area (Å²) >= 11 is 1.39. The maximum Gasteiger partial charge on any atom is 0.224 e. The Balaban J connectivity index is 1.83. The van der Waals surface area contributed by atoms with Crippen LogP contribution in [0.5, 0.6) is 0 Å². The molecule has 1 heterocycles. The molecule has 1 N–H and O–H groups in total. The van der Waals surface area contributed by atoms with Crippen molar-refractivity contribution in [1.82, 2.24) is 5.32 Å². The molecule has 0 spiro atoms. The topological polar surface area (TPSA) is 46.2 Å². The predicted molar refractivity (Wildman–Crippen MR) is 81.0 cm³/mol. The number of hydrogen-bond acceptors (Lipinski definition) is 3. The number of thiophene rings is 1. The highest BCUT2D eigenvalue weighted by molar-refractivity contribution is 7.12. The summed E-state index contributed by atoms with van der Waals surface area (Å²) < 4.78 is 13.0. The molecule has 2 rings (SSSR count). The van der Waals surface area contributed by atoms with Gasteiger partial charge in [0.05, 0.1) is 11.3 Å². The third-order valence-electron chi connectivity index (χ3n) is 2.95. The number of amides is 1. The first-order valence-corrected chi connectivity index (χ1v) is 7.53. The van der Waals surface area contributed by atoms with Gasteiger partial charge in [0, 0.05) is 12.5 Å². The molecule has 0 aliphatic rings. The molecule has 110 valence electrons. The lowest BCUT2D eigenvalue weighted by Gasteiger charge is -2.12. The number of hydrogen-bond donors (Lipinski definition) is 1. The first kappa shape index (κ1) is 15.4. The first-order chi connectivity index (χ1) is 10.0. The molecule has 0 aliphatic carbocycles. The summed E-state index contributed by atoms with van der Waals surface area (Å²) in [6, 6.07) is 9.29. The monoisotopic (exact) mass is 305 g/mol. The molecule has 0 saturated heterocycles. The largest absolute Gasteiger partial charge is 0.353 e. The van der Waals surface area contributed by atoms with E-state index in [9.17, 15) is 14.0 Å².